The number of hydrogen-bond donors (Lipinski definition) is 1. The van der Waals surface area contributed by atoms with Gasteiger partial charge in [0.05, 0.1) is 7.11 Å². The monoisotopic (exact) mass is 361 g/mol. The first-order chi connectivity index (χ1) is 12.8. The fourth-order valence-electron chi connectivity index (χ4n) is 3.81. The maximum Gasteiger partial charge on any atom is 0.322 e. The number of likely N-dealkylation sites (tertiary alicyclic amines) is 1. The molecule has 6 nitrogen and oxygen atoms in total. The van der Waals surface area contributed by atoms with Crippen LogP contribution in [0.1, 0.15) is 32.1 Å². The van der Waals surface area contributed by atoms with Gasteiger partial charge in [-0.15, -0.1) is 0 Å². The Balaban J connectivity index is 1.59. The van der Waals surface area contributed by atoms with Crippen molar-refractivity contribution in [3.8, 4) is 5.75 Å². The van der Waals surface area contributed by atoms with Gasteiger partial charge in [-0.05, 0) is 63.9 Å². The molecule has 1 N–H and O–H groups in total. The minimum absolute atomic E-state index is 0.0217. The van der Waals surface area contributed by atoms with Gasteiger partial charge in [-0.3, -0.25) is 0 Å². The lowest BCUT2D eigenvalue weighted by Crippen LogP contribution is -2.46. The molecule has 2 aliphatic rings. The molecule has 2 fully saturated rings. The Morgan fingerprint density at radius 3 is 2.81 bits per heavy atom. The first kappa shape index (κ1) is 19.0. The number of carbonyl (C=O) groups is 1. The van der Waals surface area contributed by atoms with Crippen LogP contribution in [0, 0.1) is 0 Å². The van der Waals surface area contributed by atoms with Gasteiger partial charge in [0.1, 0.15) is 5.75 Å². The molecule has 3 rings (SSSR count). The van der Waals surface area contributed by atoms with Gasteiger partial charge >= 0.3 is 6.03 Å². The first-order valence-corrected chi connectivity index (χ1v) is 9.78. The highest BCUT2D eigenvalue weighted by Gasteiger charge is 2.26. The van der Waals surface area contributed by atoms with Crippen molar-refractivity contribution >= 4 is 11.7 Å². The van der Waals surface area contributed by atoms with Crippen molar-refractivity contribution in [3.05, 3.63) is 24.3 Å². The summed E-state index contributed by atoms with van der Waals surface area (Å²) in [5.74, 6) is 0.745. The Morgan fingerprint density at radius 1 is 1.31 bits per heavy atom. The van der Waals surface area contributed by atoms with Crippen LogP contribution in [0.2, 0.25) is 0 Å². The van der Waals surface area contributed by atoms with E-state index in [9.17, 15) is 4.79 Å². The van der Waals surface area contributed by atoms with E-state index < -0.39 is 0 Å². The number of anilines is 1. The third-order valence-electron chi connectivity index (χ3n) is 5.29. The minimum Gasteiger partial charge on any atom is -0.497 e. The van der Waals surface area contributed by atoms with Gasteiger partial charge in [-0.25, -0.2) is 4.79 Å². The number of urea groups is 1. The largest absolute Gasteiger partial charge is 0.497 e. The normalized spacial score (nSPS) is 18.7. The molecule has 1 aromatic rings. The predicted octanol–water partition coefficient (Wildman–Crippen LogP) is 3.19. The van der Waals surface area contributed by atoms with E-state index in [0.29, 0.717) is 0 Å². The van der Waals surface area contributed by atoms with Crippen LogP contribution in [0.15, 0.2) is 24.3 Å². The molecule has 2 amide bonds. The first-order valence-electron chi connectivity index (χ1n) is 9.78. The topological polar surface area (TPSA) is 54.0 Å². The molecule has 144 valence electrons. The number of methoxy groups -OCH3 is 1. The van der Waals surface area contributed by atoms with Gasteiger partial charge in [0.15, 0.2) is 0 Å². The average Bonchev–Trinajstić information content (AvgIpc) is 3.19. The maximum absolute atomic E-state index is 13.0. The zero-order valence-electron chi connectivity index (χ0n) is 15.8. The average molecular weight is 361 g/mol. The Hall–Kier alpha value is -1.79. The molecular formula is C20H31N3O3. The van der Waals surface area contributed by atoms with Crippen LogP contribution in [-0.4, -0.2) is 68.4 Å². The van der Waals surface area contributed by atoms with Crippen LogP contribution in [0.5, 0.6) is 5.75 Å². The van der Waals surface area contributed by atoms with Crippen molar-refractivity contribution in [3.63, 3.8) is 0 Å². The van der Waals surface area contributed by atoms with Crippen molar-refractivity contribution in [2.45, 2.75) is 38.1 Å². The van der Waals surface area contributed by atoms with Crippen molar-refractivity contribution in [2.75, 3.05) is 51.8 Å². The molecule has 0 saturated carbocycles. The molecular weight excluding hydrogens is 330 g/mol. The van der Waals surface area contributed by atoms with Crippen molar-refractivity contribution in [1.29, 1.82) is 0 Å². The Kier molecular flexibility index (Phi) is 7.14. The van der Waals surface area contributed by atoms with E-state index in [1.165, 1.54) is 25.9 Å². The summed E-state index contributed by atoms with van der Waals surface area (Å²) in [7, 11) is 1.63. The Bertz CT molecular complexity index is 569. The smallest absolute Gasteiger partial charge is 0.322 e. The van der Waals surface area contributed by atoms with Crippen molar-refractivity contribution in [1.82, 2.24) is 9.80 Å². The van der Waals surface area contributed by atoms with Crippen LogP contribution < -0.4 is 10.1 Å². The number of nitrogens with zero attached hydrogens (tertiary/aromatic N) is 2. The number of rotatable bonds is 7. The number of ether oxygens (including phenoxy) is 2. The highest BCUT2D eigenvalue weighted by molar-refractivity contribution is 5.89. The highest BCUT2D eigenvalue weighted by Crippen LogP contribution is 2.20. The van der Waals surface area contributed by atoms with Crippen molar-refractivity contribution < 1.29 is 14.3 Å². The van der Waals surface area contributed by atoms with E-state index in [4.69, 9.17) is 9.47 Å². The fourth-order valence-corrected chi connectivity index (χ4v) is 3.81. The van der Waals surface area contributed by atoms with E-state index in [1.54, 1.807) is 7.11 Å². The molecule has 2 saturated heterocycles. The van der Waals surface area contributed by atoms with Crippen LogP contribution in [-0.2, 0) is 4.74 Å². The molecule has 0 radical (unpaired) electrons. The Morgan fingerprint density at radius 2 is 2.08 bits per heavy atom. The molecule has 26 heavy (non-hydrogen) atoms. The fraction of sp³-hybridized carbons (Fsp3) is 0.650. The summed E-state index contributed by atoms with van der Waals surface area (Å²) in [6, 6.07) is 7.75. The number of benzene rings is 1. The zero-order valence-corrected chi connectivity index (χ0v) is 15.8. The molecule has 2 heterocycles. The summed E-state index contributed by atoms with van der Waals surface area (Å²) in [6.07, 6.45) is 5.45. The second-order valence-electron chi connectivity index (χ2n) is 7.10. The third kappa shape index (κ3) is 5.35. The summed E-state index contributed by atoms with van der Waals surface area (Å²) in [4.78, 5) is 17.5. The summed E-state index contributed by atoms with van der Waals surface area (Å²) >= 11 is 0. The number of amides is 2. The van der Waals surface area contributed by atoms with E-state index in [1.807, 2.05) is 29.2 Å². The van der Waals surface area contributed by atoms with Crippen LogP contribution >= 0.6 is 0 Å². The summed E-state index contributed by atoms with van der Waals surface area (Å²) in [5.41, 5.74) is 0.769. The van der Waals surface area contributed by atoms with E-state index in [0.717, 1.165) is 57.0 Å². The number of nitrogens with one attached hydrogen (secondary N) is 1. The SMILES string of the molecule is COc1cccc(NC(=O)N(CCCN2CCCC2)C2CCOCC2)c1. The molecule has 0 unspecified atom stereocenters. The molecule has 6 heteroatoms. The molecule has 0 spiro atoms. The molecule has 0 bridgehead atoms. The molecule has 0 aromatic heterocycles. The number of hydrogen-bond acceptors (Lipinski definition) is 4. The lowest BCUT2D eigenvalue weighted by molar-refractivity contribution is 0.0471. The predicted molar refractivity (Wildman–Crippen MR) is 103 cm³/mol. The molecule has 2 aliphatic heterocycles. The highest BCUT2D eigenvalue weighted by atomic mass is 16.5. The van der Waals surface area contributed by atoms with Gasteiger partial charge < -0.3 is 24.6 Å². The zero-order chi connectivity index (χ0) is 18.2. The second kappa shape index (κ2) is 9.78. The summed E-state index contributed by atoms with van der Waals surface area (Å²) < 4.78 is 10.7. The van der Waals surface area contributed by atoms with Gasteiger partial charge in [0, 0.05) is 37.6 Å². The minimum atomic E-state index is -0.0217. The van der Waals surface area contributed by atoms with E-state index in [2.05, 4.69) is 10.2 Å². The van der Waals surface area contributed by atoms with Gasteiger partial charge in [0.25, 0.3) is 0 Å². The Labute approximate surface area is 156 Å². The summed E-state index contributed by atoms with van der Waals surface area (Å²) in [6.45, 7) is 5.74. The summed E-state index contributed by atoms with van der Waals surface area (Å²) in [5, 5.41) is 3.05. The second-order valence-corrected chi connectivity index (χ2v) is 7.10. The van der Waals surface area contributed by atoms with Gasteiger partial charge in [-0.1, -0.05) is 6.07 Å². The molecule has 0 aliphatic carbocycles. The van der Waals surface area contributed by atoms with E-state index in [-0.39, 0.29) is 12.1 Å². The van der Waals surface area contributed by atoms with E-state index >= 15 is 0 Å². The standard InChI is InChI=1S/C20H31N3O3/c1-25-19-7-4-6-17(16-19)21-20(24)23(18-8-14-26-15-9-18)13-5-12-22-10-2-3-11-22/h4,6-7,16,18H,2-3,5,8-15H2,1H3,(H,21,24). The lowest BCUT2D eigenvalue weighted by Gasteiger charge is -2.34. The van der Waals surface area contributed by atoms with Crippen LogP contribution in [0.25, 0.3) is 0 Å². The quantitative estimate of drug-likeness (QED) is 0.810. The van der Waals surface area contributed by atoms with Crippen molar-refractivity contribution in [2.24, 2.45) is 0 Å². The van der Waals surface area contributed by atoms with Crippen LogP contribution in [0.3, 0.4) is 0 Å². The van der Waals surface area contributed by atoms with Gasteiger partial charge in [-0.2, -0.15) is 0 Å². The third-order valence-corrected chi connectivity index (χ3v) is 5.29. The molecule has 1 aromatic carbocycles. The molecule has 0 atom stereocenters. The maximum atomic E-state index is 13.0. The number of carbonyl (C=O) groups excluding carboxylic acids is 1. The van der Waals surface area contributed by atoms with Crippen LogP contribution in [0.4, 0.5) is 10.5 Å². The van der Waals surface area contributed by atoms with Gasteiger partial charge in [0.2, 0.25) is 0 Å². The lowest BCUT2D eigenvalue weighted by atomic mass is 10.1.